The SMILES string of the molecule is c1cncc(Oc2ccccc2N2CCNCC2)c1. The standard InChI is InChI=1S/C15H17N3O/c1-2-6-15(19-13-4-3-7-17-12-13)14(5-1)18-10-8-16-9-11-18/h1-7,12,16H,8-11H2. The molecular formula is C15H17N3O. The summed E-state index contributed by atoms with van der Waals surface area (Å²) >= 11 is 0. The number of benzene rings is 1. The molecule has 1 fully saturated rings. The van der Waals surface area contributed by atoms with Gasteiger partial charge in [-0.3, -0.25) is 4.98 Å². The van der Waals surface area contributed by atoms with Crippen molar-refractivity contribution in [1.29, 1.82) is 0 Å². The maximum Gasteiger partial charge on any atom is 0.150 e. The molecule has 0 saturated carbocycles. The average molecular weight is 255 g/mol. The summed E-state index contributed by atoms with van der Waals surface area (Å²) in [4.78, 5) is 6.42. The van der Waals surface area contributed by atoms with Crippen LogP contribution in [0.2, 0.25) is 0 Å². The highest BCUT2D eigenvalue weighted by molar-refractivity contribution is 5.59. The zero-order chi connectivity index (χ0) is 12.9. The average Bonchev–Trinajstić information content (AvgIpc) is 2.50. The number of ether oxygens (including phenoxy) is 1. The first kappa shape index (κ1) is 12.0. The highest BCUT2D eigenvalue weighted by Crippen LogP contribution is 2.31. The Bertz CT molecular complexity index is 524. The molecule has 0 bridgehead atoms. The molecule has 1 aromatic heterocycles. The van der Waals surface area contributed by atoms with Gasteiger partial charge in [-0.1, -0.05) is 12.1 Å². The number of anilines is 1. The number of rotatable bonds is 3. The Kier molecular flexibility index (Phi) is 3.61. The van der Waals surface area contributed by atoms with Crippen molar-refractivity contribution in [1.82, 2.24) is 10.3 Å². The van der Waals surface area contributed by atoms with E-state index in [0.29, 0.717) is 0 Å². The van der Waals surface area contributed by atoms with Crippen LogP contribution in [0.4, 0.5) is 5.69 Å². The molecule has 0 radical (unpaired) electrons. The van der Waals surface area contributed by atoms with Crippen LogP contribution in [0.1, 0.15) is 0 Å². The lowest BCUT2D eigenvalue weighted by Gasteiger charge is -2.30. The third kappa shape index (κ3) is 2.85. The van der Waals surface area contributed by atoms with Gasteiger partial charge in [-0.15, -0.1) is 0 Å². The summed E-state index contributed by atoms with van der Waals surface area (Å²) in [7, 11) is 0. The zero-order valence-electron chi connectivity index (χ0n) is 10.7. The Morgan fingerprint density at radius 1 is 1.05 bits per heavy atom. The van der Waals surface area contributed by atoms with Crippen molar-refractivity contribution in [3.05, 3.63) is 48.8 Å². The van der Waals surface area contributed by atoms with Gasteiger partial charge in [0.05, 0.1) is 11.9 Å². The lowest BCUT2D eigenvalue weighted by atomic mass is 10.2. The number of hydrogen-bond donors (Lipinski definition) is 1. The third-order valence-electron chi connectivity index (χ3n) is 3.19. The van der Waals surface area contributed by atoms with Crippen LogP contribution in [0.3, 0.4) is 0 Å². The van der Waals surface area contributed by atoms with Crippen molar-refractivity contribution in [3.8, 4) is 11.5 Å². The summed E-state index contributed by atoms with van der Waals surface area (Å²) in [5, 5.41) is 3.36. The summed E-state index contributed by atoms with van der Waals surface area (Å²) in [5.74, 6) is 1.66. The molecular weight excluding hydrogens is 238 g/mol. The van der Waals surface area contributed by atoms with E-state index in [1.54, 1.807) is 12.4 Å². The highest BCUT2D eigenvalue weighted by atomic mass is 16.5. The maximum absolute atomic E-state index is 5.94. The Morgan fingerprint density at radius 3 is 2.68 bits per heavy atom. The number of pyridine rings is 1. The van der Waals surface area contributed by atoms with Gasteiger partial charge in [0.25, 0.3) is 0 Å². The largest absolute Gasteiger partial charge is 0.454 e. The van der Waals surface area contributed by atoms with E-state index in [1.807, 2.05) is 30.3 Å². The first-order chi connectivity index (χ1) is 9.43. The number of piperazine rings is 1. The Hall–Kier alpha value is -2.07. The Morgan fingerprint density at radius 2 is 1.89 bits per heavy atom. The second-order valence-corrected chi connectivity index (χ2v) is 4.50. The van der Waals surface area contributed by atoms with Gasteiger partial charge in [-0.05, 0) is 24.3 Å². The number of aromatic nitrogens is 1. The van der Waals surface area contributed by atoms with E-state index in [4.69, 9.17) is 4.74 Å². The van der Waals surface area contributed by atoms with Crippen LogP contribution >= 0.6 is 0 Å². The van der Waals surface area contributed by atoms with Gasteiger partial charge in [0.2, 0.25) is 0 Å². The predicted molar refractivity (Wildman–Crippen MR) is 75.8 cm³/mol. The predicted octanol–water partition coefficient (Wildman–Crippen LogP) is 2.28. The molecule has 19 heavy (non-hydrogen) atoms. The van der Waals surface area contributed by atoms with Gasteiger partial charge in [-0.2, -0.15) is 0 Å². The molecule has 2 heterocycles. The van der Waals surface area contributed by atoms with Gasteiger partial charge in [0.15, 0.2) is 5.75 Å². The molecule has 2 aromatic rings. The number of nitrogens with one attached hydrogen (secondary N) is 1. The highest BCUT2D eigenvalue weighted by Gasteiger charge is 2.14. The van der Waals surface area contributed by atoms with Crippen LogP contribution in [-0.2, 0) is 0 Å². The second kappa shape index (κ2) is 5.71. The minimum Gasteiger partial charge on any atom is -0.454 e. The summed E-state index contributed by atoms with van der Waals surface area (Å²) in [5.41, 5.74) is 1.15. The molecule has 4 nitrogen and oxygen atoms in total. The fraction of sp³-hybridized carbons (Fsp3) is 0.267. The number of para-hydroxylation sites is 2. The zero-order valence-corrected chi connectivity index (χ0v) is 10.7. The normalized spacial score (nSPS) is 15.3. The van der Waals surface area contributed by atoms with Gasteiger partial charge in [0, 0.05) is 32.4 Å². The number of nitrogens with zero attached hydrogens (tertiary/aromatic N) is 2. The van der Waals surface area contributed by atoms with Crippen LogP contribution in [0.5, 0.6) is 11.5 Å². The van der Waals surface area contributed by atoms with Crippen LogP contribution in [0.25, 0.3) is 0 Å². The molecule has 1 aliphatic heterocycles. The Balaban J connectivity index is 1.84. The van der Waals surface area contributed by atoms with Crippen molar-refractivity contribution < 1.29 is 4.74 Å². The van der Waals surface area contributed by atoms with Crippen molar-refractivity contribution in [2.75, 3.05) is 31.1 Å². The van der Waals surface area contributed by atoms with Crippen molar-refractivity contribution in [2.24, 2.45) is 0 Å². The summed E-state index contributed by atoms with van der Waals surface area (Å²) in [6.45, 7) is 4.04. The quantitative estimate of drug-likeness (QED) is 0.913. The topological polar surface area (TPSA) is 37.4 Å². The van der Waals surface area contributed by atoms with Crippen LogP contribution < -0.4 is 15.0 Å². The van der Waals surface area contributed by atoms with E-state index < -0.39 is 0 Å². The molecule has 98 valence electrons. The minimum absolute atomic E-state index is 0.769. The minimum atomic E-state index is 0.769. The van der Waals surface area contributed by atoms with Gasteiger partial charge < -0.3 is 15.0 Å². The summed E-state index contributed by atoms with van der Waals surface area (Å²) in [6, 6.07) is 12.0. The molecule has 0 amide bonds. The van der Waals surface area contributed by atoms with Crippen molar-refractivity contribution >= 4 is 5.69 Å². The monoisotopic (exact) mass is 255 g/mol. The van der Waals surface area contributed by atoms with E-state index in [0.717, 1.165) is 43.4 Å². The van der Waals surface area contributed by atoms with E-state index in [2.05, 4.69) is 21.3 Å². The van der Waals surface area contributed by atoms with Crippen LogP contribution in [0.15, 0.2) is 48.8 Å². The number of hydrogen-bond acceptors (Lipinski definition) is 4. The van der Waals surface area contributed by atoms with E-state index in [9.17, 15) is 0 Å². The smallest absolute Gasteiger partial charge is 0.150 e. The lowest BCUT2D eigenvalue weighted by molar-refractivity contribution is 0.476. The molecule has 1 N–H and O–H groups in total. The van der Waals surface area contributed by atoms with E-state index in [1.165, 1.54) is 0 Å². The van der Waals surface area contributed by atoms with Crippen LogP contribution in [-0.4, -0.2) is 31.2 Å². The van der Waals surface area contributed by atoms with Gasteiger partial charge in [0.1, 0.15) is 5.75 Å². The van der Waals surface area contributed by atoms with Crippen molar-refractivity contribution in [2.45, 2.75) is 0 Å². The molecule has 0 aliphatic carbocycles. The second-order valence-electron chi connectivity index (χ2n) is 4.50. The molecule has 3 rings (SSSR count). The fourth-order valence-corrected chi connectivity index (χ4v) is 2.24. The summed E-state index contributed by atoms with van der Waals surface area (Å²) in [6.07, 6.45) is 3.48. The van der Waals surface area contributed by atoms with E-state index >= 15 is 0 Å². The van der Waals surface area contributed by atoms with Gasteiger partial charge >= 0.3 is 0 Å². The van der Waals surface area contributed by atoms with Crippen LogP contribution in [0, 0.1) is 0 Å². The van der Waals surface area contributed by atoms with Crippen molar-refractivity contribution in [3.63, 3.8) is 0 Å². The maximum atomic E-state index is 5.94. The Labute approximate surface area is 113 Å². The summed E-state index contributed by atoms with van der Waals surface area (Å²) < 4.78 is 5.94. The molecule has 0 unspecified atom stereocenters. The molecule has 1 aromatic carbocycles. The van der Waals surface area contributed by atoms with Gasteiger partial charge in [-0.25, -0.2) is 0 Å². The molecule has 1 aliphatic rings. The first-order valence-electron chi connectivity index (χ1n) is 6.56. The third-order valence-corrected chi connectivity index (χ3v) is 3.19. The van der Waals surface area contributed by atoms with E-state index in [-0.39, 0.29) is 0 Å². The molecule has 4 heteroatoms. The fourth-order valence-electron chi connectivity index (χ4n) is 2.24. The molecule has 1 saturated heterocycles. The molecule has 0 spiro atoms. The molecule has 0 atom stereocenters. The first-order valence-corrected chi connectivity index (χ1v) is 6.56. The lowest BCUT2D eigenvalue weighted by Crippen LogP contribution is -2.43.